The third-order valence-corrected chi connectivity index (χ3v) is 6.99. The molecule has 0 aliphatic carbocycles. The van der Waals surface area contributed by atoms with Crippen LogP contribution in [0.4, 0.5) is 10.1 Å². The summed E-state index contributed by atoms with van der Waals surface area (Å²) in [5, 5.41) is 20.2. The van der Waals surface area contributed by atoms with Crippen molar-refractivity contribution >= 4 is 52.9 Å². The molecule has 0 saturated heterocycles. The van der Waals surface area contributed by atoms with E-state index >= 15 is 0 Å². The van der Waals surface area contributed by atoms with Crippen LogP contribution in [0.2, 0.25) is 5.02 Å². The third kappa shape index (κ3) is 11.5. The van der Waals surface area contributed by atoms with Gasteiger partial charge in [0.1, 0.15) is 23.9 Å². The van der Waals surface area contributed by atoms with E-state index in [1.165, 1.54) is 31.2 Å². The van der Waals surface area contributed by atoms with Gasteiger partial charge in [-0.25, -0.2) is 4.39 Å². The van der Waals surface area contributed by atoms with Crippen LogP contribution in [0.5, 0.6) is 0 Å². The Labute approximate surface area is 270 Å². The van der Waals surface area contributed by atoms with E-state index in [1.807, 2.05) is 6.07 Å². The monoisotopic (exact) mass is 651 g/mol. The molecule has 0 aliphatic heterocycles. The van der Waals surface area contributed by atoms with Gasteiger partial charge in [0, 0.05) is 24.6 Å². The van der Waals surface area contributed by atoms with Crippen LogP contribution in [-0.4, -0.2) is 58.9 Å². The molecule has 5 amide bonds. The second-order valence-electron chi connectivity index (χ2n) is 10.4. The van der Waals surface area contributed by atoms with Gasteiger partial charge in [-0.2, -0.15) is 0 Å². The number of aliphatic hydroxyl groups excluding tert-OH is 1. The lowest BCUT2D eigenvalue weighted by atomic mass is 10.0. The fraction of sp³-hybridized carbons (Fsp3) is 0.242. The zero-order valence-electron chi connectivity index (χ0n) is 24.9. The number of nitrogens with two attached hydrogens (primary N) is 1. The Hall–Kier alpha value is -5.07. The molecule has 0 radical (unpaired) electrons. The molecular weight excluding hydrogens is 617 g/mol. The van der Waals surface area contributed by atoms with Gasteiger partial charge in [0.15, 0.2) is 0 Å². The van der Waals surface area contributed by atoms with Gasteiger partial charge >= 0.3 is 0 Å². The molecule has 11 nitrogen and oxygen atoms in total. The quantitative estimate of drug-likeness (QED) is 0.137. The van der Waals surface area contributed by atoms with Gasteiger partial charge in [-0.1, -0.05) is 72.3 Å². The van der Waals surface area contributed by atoms with Gasteiger partial charge in [-0.15, -0.1) is 0 Å². The zero-order chi connectivity index (χ0) is 33.6. The molecule has 4 atom stereocenters. The number of carbonyl (C=O) groups excluding carboxylic acids is 5. The molecule has 3 aromatic carbocycles. The first-order chi connectivity index (χ1) is 21.9. The number of halogens is 2. The van der Waals surface area contributed by atoms with Crippen LogP contribution in [0.3, 0.4) is 0 Å². The summed E-state index contributed by atoms with van der Waals surface area (Å²) in [6, 6.07) is 17.1. The van der Waals surface area contributed by atoms with Gasteiger partial charge in [-0.3, -0.25) is 24.0 Å². The van der Waals surface area contributed by atoms with Crippen LogP contribution < -0.4 is 27.0 Å². The normalized spacial score (nSPS) is 13.6. The number of amides is 5. The Balaban J connectivity index is 1.80. The Morgan fingerprint density at radius 1 is 0.870 bits per heavy atom. The third-order valence-electron chi connectivity index (χ3n) is 6.70. The lowest BCUT2D eigenvalue weighted by Crippen LogP contribution is -2.59. The molecule has 0 aromatic heterocycles. The minimum absolute atomic E-state index is 0.0233. The largest absolute Gasteiger partial charge is 0.391 e. The lowest BCUT2D eigenvalue weighted by Gasteiger charge is -2.26. The number of carbonyl (C=O) groups is 5. The van der Waals surface area contributed by atoms with Crippen LogP contribution in [0.15, 0.2) is 84.9 Å². The average molecular weight is 652 g/mol. The molecule has 3 aromatic rings. The molecule has 3 rings (SSSR count). The summed E-state index contributed by atoms with van der Waals surface area (Å²) in [6.45, 7) is 1.31. The minimum atomic E-state index is -1.43. The van der Waals surface area contributed by atoms with E-state index in [0.717, 1.165) is 11.6 Å². The zero-order valence-corrected chi connectivity index (χ0v) is 25.7. The van der Waals surface area contributed by atoms with Crippen LogP contribution in [0.1, 0.15) is 30.9 Å². The van der Waals surface area contributed by atoms with E-state index in [0.29, 0.717) is 5.56 Å². The van der Waals surface area contributed by atoms with Crippen molar-refractivity contribution in [3.05, 3.63) is 107 Å². The highest BCUT2D eigenvalue weighted by molar-refractivity contribution is 6.31. The molecule has 0 aliphatic rings. The van der Waals surface area contributed by atoms with Crippen molar-refractivity contribution in [3.8, 4) is 0 Å². The fourth-order valence-corrected chi connectivity index (χ4v) is 4.47. The molecule has 0 saturated carbocycles. The predicted octanol–water partition coefficient (Wildman–Crippen LogP) is 2.47. The van der Waals surface area contributed by atoms with Crippen molar-refractivity contribution in [1.29, 1.82) is 0 Å². The van der Waals surface area contributed by atoms with E-state index in [-0.39, 0.29) is 30.0 Å². The van der Waals surface area contributed by atoms with Crippen LogP contribution in [0, 0.1) is 5.82 Å². The highest BCUT2D eigenvalue weighted by Crippen LogP contribution is 2.20. The van der Waals surface area contributed by atoms with E-state index < -0.39 is 59.6 Å². The highest BCUT2D eigenvalue weighted by Gasteiger charge is 2.32. The van der Waals surface area contributed by atoms with Crippen molar-refractivity contribution < 1.29 is 33.5 Å². The first kappa shape index (κ1) is 35.4. The maximum absolute atomic E-state index is 13.6. The van der Waals surface area contributed by atoms with Crippen molar-refractivity contribution in [1.82, 2.24) is 16.0 Å². The molecule has 0 spiro atoms. The molecule has 242 valence electrons. The maximum atomic E-state index is 13.6. The standard InChI is InChI=1S/C33H35ClFN5O6/c1-20(41)30(40-29(43)17-12-21-8-4-2-5-9-21)33(46)39-27(18-22-10-6-3-7-11-22)32(45)38-26(15-16-28(36)42)31(44)37-23-13-14-25(35)24(34)19-23/h2-14,17,19-20,26-27,30,41H,15-16,18H2,1H3,(H2,36,42)(H,37,44)(H,38,45)(H,39,46)(H,40,43)/b17-12+/t20-,26+,27+,30+/m1/s1. The summed E-state index contributed by atoms with van der Waals surface area (Å²) in [7, 11) is 0. The summed E-state index contributed by atoms with van der Waals surface area (Å²) in [4.78, 5) is 64.3. The van der Waals surface area contributed by atoms with E-state index in [2.05, 4.69) is 21.3 Å². The SMILES string of the molecule is C[C@@H](O)[C@H](NC(=O)/C=C/c1ccccc1)C(=O)N[C@@H](Cc1ccccc1)C(=O)N[C@@H](CCC(N)=O)C(=O)Nc1ccc(F)c(Cl)c1. The van der Waals surface area contributed by atoms with Gasteiger partial charge in [-0.05, 0) is 48.7 Å². The summed E-state index contributed by atoms with van der Waals surface area (Å²) >= 11 is 5.81. The number of rotatable bonds is 15. The molecule has 46 heavy (non-hydrogen) atoms. The van der Waals surface area contributed by atoms with Gasteiger partial charge in [0.05, 0.1) is 11.1 Å². The molecule has 0 heterocycles. The second kappa shape index (κ2) is 17.4. The number of nitrogens with one attached hydrogen (secondary N) is 4. The van der Waals surface area contributed by atoms with Crippen LogP contribution >= 0.6 is 11.6 Å². The molecule has 0 unspecified atom stereocenters. The Kier molecular flexibility index (Phi) is 13.4. The van der Waals surface area contributed by atoms with Crippen LogP contribution in [-0.2, 0) is 30.4 Å². The number of anilines is 1. The molecule has 7 N–H and O–H groups in total. The second-order valence-corrected chi connectivity index (χ2v) is 10.8. The molecule has 0 bridgehead atoms. The predicted molar refractivity (Wildman–Crippen MR) is 172 cm³/mol. The Bertz CT molecular complexity index is 1550. The summed E-state index contributed by atoms with van der Waals surface area (Å²) in [6.07, 6.45) is 0.937. The van der Waals surface area contributed by atoms with Gasteiger partial charge < -0.3 is 32.1 Å². The maximum Gasteiger partial charge on any atom is 0.246 e. The first-order valence-corrected chi connectivity index (χ1v) is 14.7. The number of primary amides is 1. The lowest BCUT2D eigenvalue weighted by molar-refractivity contribution is -0.134. The van der Waals surface area contributed by atoms with Crippen molar-refractivity contribution in [2.45, 2.75) is 50.4 Å². The van der Waals surface area contributed by atoms with Gasteiger partial charge in [0.25, 0.3) is 0 Å². The summed E-state index contributed by atoms with van der Waals surface area (Å²) in [5.41, 5.74) is 6.82. The smallest absolute Gasteiger partial charge is 0.246 e. The first-order valence-electron chi connectivity index (χ1n) is 14.3. The van der Waals surface area contributed by atoms with E-state index in [9.17, 15) is 33.5 Å². The van der Waals surface area contributed by atoms with E-state index in [4.69, 9.17) is 17.3 Å². The fourth-order valence-electron chi connectivity index (χ4n) is 4.29. The summed E-state index contributed by atoms with van der Waals surface area (Å²) < 4.78 is 13.6. The number of hydrogen-bond donors (Lipinski definition) is 6. The van der Waals surface area contributed by atoms with Crippen molar-refractivity contribution in [2.75, 3.05) is 5.32 Å². The van der Waals surface area contributed by atoms with Crippen molar-refractivity contribution in [3.63, 3.8) is 0 Å². The number of benzene rings is 3. The Morgan fingerprint density at radius 3 is 2.11 bits per heavy atom. The van der Waals surface area contributed by atoms with Crippen LogP contribution in [0.25, 0.3) is 6.08 Å². The topological polar surface area (TPSA) is 180 Å². The highest BCUT2D eigenvalue weighted by atomic mass is 35.5. The number of aliphatic hydroxyl groups is 1. The van der Waals surface area contributed by atoms with Gasteiger partial charge in [0.2, 0.25) is 29.5 Å². The van der Waals surface area contributed by atoms with E-state index in [1.54, 1.807) is 54.6 Å². The average Bonchev–Trinajstić information content (AvgIpc) is 3.02. The molecular formula is C33H35ClFN5O6. The summed E-state index contributed by atoms with van der Waals surface area (Å²) in [5.74, 6) is -4.47. The number of hydrogen-bond acceptors (Lipinski definition) is 6. The minimum Gasteiger partial charge on any atom is -0.391 e. The molecule has 13 heteroatoms. The Morgan fingerprint density at radius 2 is 1.50 bits per heavy atom. The molecule has 0 fully saturated rings. The van der Waals surface area contributed by atoms with Crippen molar-refractivity contribution in [2.24, 2.45) is 5.73 Å².